The Kier molecular flexibility index (Phi) is 4.48. The molecule has 0 amide bonds. The molecular formula is C18H21N5. The molecule has 0 saturated carbocycles. The molecule has 5 nitrogen and oxygen atoms in total. The van der Waals surface area contributed by atoms with E-state index in [9.17, 15) is 0 Å². The maximum Gasteiger partial charge on any atom is 0.170 e. The van der Waals surface area contributed by atoms with Crippen LogP contribution in [0.25, 0.3) is 5.69 Å². The monoisotopic (exact) mass is 307 g/mol. The SMILES string of the molecule is Cc1ccc(C)c(C(C)NCc2nnnn2-c2ccccc2)c1. The lowest BCUT2D eigenvalue weighted by atomic mass is 10.00. The lowest BCUT2D eigenvalue weighted by Crippen LogP contribution is -2.21. The van der Waals surface area contributed by atoms with Crippen LogP contribution < -0.4 is 5.32 Å². The summed E-state index contributed by atoms with van der Waals surface area (Å²) in [5.41, 5.74) is 4.84. The van der Waals surface area contributed by atoms with E-state index >= 15 is 0 Å². The molecule has 2 aromatic carbocycles. The van der Waals surface area contributed by atoms with Crippen molar-refractivity contribution < 1.29 is 0 Å². The van der Waals surface area contributed by atoms with E-state index in [-0.39, 0.29) is 6.04 Å². The van der Waals surface area contributed by atoms with E-state index < -0.39 is 0 Å². The molecule has 118 valence electrons. The molecule has 1 aromatic heterocycles. The molecule has 1 unspecified atom stereocenters. The Balaban J connectivity index is 1.74. The Morgan fingerprint density at radius 2 is 1.87 bits per heavy atom. The van der Waals surface area contributed by atoms with Crippen molar-refractivity contribution in [1.82, 2.24) is 25.5 Å². The van der Waals surface area contributed by atoms with Crippen molar-refractivity contribution in [2.24, 2.45) is 0 Å². The fourth-order valence-corrected chi connectivity index (χ4v) is 2.67. The standard InChI is InChI=1S/C18H21N5/c1-13-9-10-14(2)17(11-13)15(3)19-12-18-20-21-22-23(18)16-7-5-4-6-8-16/h4-11,15,19H,12H2,1-3H3. The van der Waals surface area contributed by atoms with Crippen LogP contribution in [0.3, 0.4) is 0 Å². The van der Waals surface area contributed by atoms with Crippen molar-refractivity contribution >= 4 is 0 Å². The number of hydrogen-bond acceptors (Lipinski definition) is 4. The van der Waals surface area contributed by atoms with Gasteiger partial charge in [0.15, 0.2) is 5.82 Å². The molecule has 0 bridgehead atoms. The number of benzene rings is 2. The number of nitrogens with one attached hydrogen (secondary N) is 1. The summed E-state index contributed by atoms with van der Waals surface area (Å²) in [6, 6.07) is 16.7. The van der Waals surface area contributed by atoms with Gasteiger partial charge in [0.25, 0.3) is 0 Å². The van der Waals surface area contributed by atoms with E-state index in [0.717, 1.165) is 11.5 Å². The molecule has 0 radical (unpaired) electrons. The summed E-state index contributed by atoms with van der Waals surface area (Å²) < 4.78 is 1.77. The van der Waals surface area contributed by atoms with Crippen LogP contribution in [0.2, 0.25) is 0 Å². The predicted octanol–water partition coefficient (Wildman–Crippen LogP) is 3.13. The molecule has 1 atom stereocenters. The third-order valence-corrected chi connectivity index (χ3v) is 4.00. The summed E-state index contributed by atoms with van der Waals surface area (Å²) in [6.07, 6.45) is 0. The Labute approximate surface area is 136 Å². The van der Waals surface area contributed by atoms with Crippen molar-refractivity contribution in [3.8, 4) is 5.69 Å². The lowest BCUT2D eigenvalue weighted by molar-refractivity contribution is 0.548. The van der Waals surface area contributed by atoms with E-state index in [1.54, 1.807) is 4.68 Å². The molecular weight excluding hydrogens is 286 g/mol. The molecule has 0 aliphatic carbocycles. The molecule has 1 N–H and O–H groups in total. The third kappa shape index (κ3) is 3.46. The third-order valence-electron chi connectivity index (χ3n) is 4.00. The molecule has 23 heavy (non-hydrogen) atoms. The number of aromatic nitrogens is 4. The molecule has 1 heterocycles. The minimum Gasteiger partial charge on any atom is -0.303 e. The van der Waals surface area contributed by atoms with Crippen molar-refractivity contribution in [3.63, 3.8) is 0 Å². The highest BCUT2D eigenvalue weighted by molar-refractivity contribution is 5.33. The summed E-state index contributed by atoms with van der Waals surface area (Å²) in [6.45, 7) is 7.03. The molecule has 0 aliphatic heterocycles. The highest BCUT2D eigenvalue weighted by Crippen LogP contribution is 2.19. The first-order valence-electron chi connectivity index (χ1n) is 7.78. The van der Waals surface area contributed by atoms with Gasteiger partial charge < -0.3 is 5.32 Å². The van der Waals surface area contributed by atoms with Crippen molar-refractivity contribution in [2.75, 3.05) is 0 Å². The van der Waals surface area contributed by atoms with Crippen LogP contribution in [0, 0.1) is 13.8 Å². The molecule has 3 aromatic rings. The predicted molar refractivity (Wildman–Crippen MR) is 90.3 cm³/mol. The van der Waals surface area contributed by atoms with Crippen LogP contribution >= 0.6 is 0 Å². The van der Waals surface area contributed by atoms with E-state index in [1.165, 1.54) is 16.7 Å². The van der Waals surface area contributed by atoms with Gasteiger partial charge in [0, 0.05) is 6.04 Å². The molecule has 0 fully saturated rings. The topological polar surface area (TPSA) is 55.6 Å². The highest BCUT2D eigenvalue weighted by Gasteiger charge is 2.12. The van der Waals surface area contributed by atoms with Crippen LogP contribution in [0.1, 0.15) is 35.5 Å². The zero-order valence-electron chi connectivity index (χ0n) is 13.7. The van der Waals surface area contributed by atoms with E-state index in [0.29, 0.717) is 6.54 Å². The van der Waals surface area contributed by atoms with Crippen LogP contribution in [0.4, 0.5) is 0 Å². The summed E-state index contributed by atoms with van der Waals surface area (Å²) in [7, 11) is 0. The van der Waals surface area contributed by atoms with Gasteiger partial charge in [0.1, 0.15) is 0 Å². The van der Waals surface area contributed by atoms with Gasteiger partial charge in [-0.1, -0.05) is 42.0 Å². The van der Waals surface area contributed by atoms with Crippen LogP contribution in [0.5, 0.6) is 0 Å². The zero-order valence-corrected chi connectivity index (χ0v) is 13.7. The molecule has 5 heteroatoms. The smallest absolute Gasteiger partial charge is 0.170 e. The largest absolute Gasteiger partial charge is 0.303 e. The van der Waals surface area contributed by atoms with Gasteiger partial charge >= 0.3 is 0 Å². The van der Waals surface area contributed by atoms with Crippen molar-refractivity contribution in [3.05, 3.63) is 71.0 Å². The second-order valence-corrected chi connectivity index (χ2v) is 5.81. The van der Waals surface area contributed by atoms with Crippen molar-refractivity contribution in [1.29, 1.82) is 0 Å². The van der Waals surface area contributed by atoms with Crippen LogP contribution in [-0.4, -0.2) is 20.2 Å². The number of aryl methyl sites for hydroxylation is 2. The summed E-state index contributed by atoms with van der Waals surface area (Å²) in [5, 5.41) is 15.5. The average Bonchev–Trinajstić information content (AvgIpc) is 3.04. The van der Waals surface area contributed by atoms with Crippen molar-refractivity contribution in [2.45, 2.75) is 33.4 Å². The number of rotatable bonds is 5. The normalized spacial score (nSPS) is 12.3. The summed E-state index contributed by atoms with van der Waals surface area (Å²) in [5.74, 6) is 0.799. The molecule has 3 rings (SSSR count). The fourth-order valence-electron chi connectivity index (χ4n) is 2.67. The van der Waals surface area contributed by atoms with E-state index in [1.807, 2.05) is 30.3 Å². The zero-order chi connectivity index (χ0) is 16.2. The first-order valence-corrected chi connectivity index (χ1v) is 7.78. The first-order chi connectivity index (χ1) is 11.1. The van der Waals surface area contributed by atoms with Gasteiger partial charge in [-0.05, 0) is 54.5 Å². The molecule has 0 aliphatic rings. The molecule has 0 spiro atoms. The Hall–Kier alpha value is -2.53. The fraction of sp³-hybridized carbons (Fsp3) is 0.278. The van der Waals surface area contributed by atoms with Gasteiger partial charge in [0.2, 0.25) is 0 Å². The Morgan fingerprint density at radius 1 is 1.09 bits per heavy atom. The van der Waals surface area contributed by atoms with Crippen LogP contribution in [-0.2, 0) is 6.54 Å². The summed E-state index contributed by atoms with van der Waals surface area (Å²) >= 11 is 0. The first kappa shape index (κ1) is 15.4. The number of para-hydroxylation sites is 1. The Morgan fingerprint density at radius 3 is 2.65 bits per heavy atom. The number of hydrogen-bond donors (Lipinski definition) is 1. The number of tetrazole rings is 1. The van der Waals surface area contributed by atoms with Gasteiger partial charge in [-0.3, -0.25) is 0 Å². The van der Waals surface area contributed by atoms with Gasteiger partial charge in [0.05, 0.1) is 12.2 Å². The number of nitrogens with zero attached hydrogens (tertiary/aromatic N) is 4. The molecule has 0 saturated heterocycles. The minimum absolute atomic E-state index is 0.232. The van der Waals surface area contributed by atoms with Gasteiger partial charge in [-0.2, -0.15) is 4.68 Å². The quantitative estimate of drug-likeness (QED) is 0.787. The average molecular weight is 307 g/mol. The highest BCUT2D eigenvalue weighted by atomic mass is 15.5. The van der Waals surface area contributed by atoms with Gasteiger partial charge in [-0.25, -0.2) is 0 Å². The maximum absolute atomic E-state index is 4.14. The second kappa shape index (κ2) is 6.71. The maximum atomic E-state index is 4.14. The van der Waals surface area contributed by atoms with E-state index in [2.05, 4.69) is 59.8 Å². The summed E-state index contributed by atoms with van der Waals surface area (Å²) in [4.78, 5) is 0. The van der Waals surface area contributed by atoms with Gasteiger partial charge in [-0.15, -0.1) is 5.10 Å². The van der Waals surface area contributed by atoms with Crippen LogP contribution in [0.15, 0.2) is 48.5 Å². The lowest BCUT2D eigenvalue weighted by Gasteiger charge is -2.17. The van der Waals surface area contributed by atoms with E-state index in [4.69, 9.17) is 0 Å². The minimum atomic E-state index is 0.232. The second-order valence-electron chi connectivity index (χ2n) is 5.81. The Bertz CT molecular complexity index is 779.